The van der Waals surface area contributed by atoms with Crippen LogP contribution in [0.3, 0.4) is 0 Å². The first-order valence-corrected chi connectivity index (χ1v) is 10.1. The lowest BCUT2D eigenvalue weighted by Gasteiger charge is -2.13. The zero-order valence-electron chi connectivity index (χ0n) is 17.3. The first-order chi connectivity index (χ1) is 14.0. The first-order valence-electron chi connectivity index (χ1n) is 10.1. The molecule has 2 aromatic rings. The minimum atomic E-state index is -0.563. The predicted molar refractivity (Wildman–Crippen MR) is 111 cm³/mol. The number of rotatable bonds is 9. The molecular formula is C24H28O5. The normalized spacial score (nSPS) is 12.6. The molecule has 0 bridgehead atoms. The molecule has 3 rings (SSSR count). The Morgan fingerprint density at radius 2 is 1.72 bits per heavy atom. The van der Waals surface area contributed by atoms with Crippen molar-refractivity contribution in [2.75, 3.05) is 20.3 Å². The zero-order valence-corrected chi connectivity index (χ0v) is 17.3. The van der Waals surface area contributed by atoms with Crippen molar-refractivity contribution in [2.45, 2.75) is 39.5 Å². The van der Waals surface area contributed by atoms with E-state index in [1.807, 2.05) is 18.2 Å². The second-order valence-electron chi connectivity index (χ2n) is 7.73. The maximum absolute atomic E-state index is 12.4. The molecule has 5 heteroatoms. The molecule has 0 N–H and O–H groups in total. The summed E-state index contributed by atoms with van der Waals surface area (Å²) in [5.74, 6) is 0.825. The van der Waals surface area contributed by atoms with Gasteiger partial charge >= 0.3 is 5.97 Å². The van der Waals surface area contributed by atoms with Gasteiger partial charge in [-0.2, -0.15) is 0 Å². The smallest absolute Gasteiger partial charge is 0.338 e. The lowest BCUT2D eigenvalue weighted by molar-refractivity contribution is 0.0474. The molecule has 5 nitrogen and oxygen atoms in total. The van der Waals surface area contributed by atoms with Crippen LogP contribution in [0, 0.1) is 5.92 Å². The van der Waals surface area contributed by atoms with Crippen molar-refractivity contribution >= 4 is 11.8 Å². The highest BCUT2D eigenvalue weighted by Crippen LogP contribution is 2.29. The highest BCUT2D eigenvalue weighted by molar-refractivity contribution is 5.99. The number of ketones is 1. The predicted octanol–water partition coefficient (Wildman–Crippen LogP) is 4.65. The summed E-state index contributed by atoms with van der Waals surface area (Å²) < 4.78 is 16.3. The molecule has 2 aromatic carbocycles. The first kappa shape index (κ1) is 20.9. The largest absolute Gasteiger partial charge is 0.493 e. The average Bonchev–Trinajstić information content (AvgIpc) is 3.19. The lowest BCUT2D eigenvalue weighted by atomic mass is 10.0. The van der Waals surface area contributed by atoms with Crippen LogP contribution in [0.15, 0.2) is 36.4 Å². The third-order valence-electron chi connectivity index (χ3n) is 5.11. The number of methoxy groups -OCH3 is 1. The Kier molecular flexibility index (Phi) is 6.91. The number of fused-ring (bicyclic) bond motifs is 1. The summed E-state index contributed by atoms with van der Waals surface area (Å²) in [6.07, 6.45) is 4.12. The van der Waals surface area contributed by atoms with Crippen molar-refractivity contribution < 1.29 is 23.8 Å². The Morgan fingerprint density at radius 1 is 0.966 bits per heavy atom. The van der Waals surface area contributed by atoms with Gasteiger partial charge in [-0.05, 0) is 67.0 Å². The molecule has 0 aliphatic heterocycles. The van der Waals surface area contributed by atoms with Gasteiger partial charge in [-0.25, -0.2) is 4.79 Å². The summed E-state index contributed by atoms with van der Waals surface area (Å²) in [6.45, 7) is 4.55. The summed E-state index contributed by atoms with van der Waals surface area (Å²) >= 11 is 0. The van der Waals surface area contributed by atoms with Gasteiger partial charge in [0.2, 0.25) is 0 Å². The second kappa shape index (κ2) is 9.59. The Bertz CT molecular complexity index is 885. The van der Waals surface area contributed by atoms with E-state index in [4.69, 9.17) is 14.2 Å². The molecule has 1 aliphatic carbocycles. The number of carbonyl (C=O) groups excluding carboxylic acids is 2. The maximum Gasteiger partial charge on any atom is 0.338 e. The average molecular weight is 396 g/mol. The van der Waals surface area contributed by atoms with Gasteiger partial charge in [0, 0.05) is 5.56 Å². The van der Waals surface area contributed by atoms with Crippen molar-refractivity contribution in [1.82, 2.24) is 0 Å². The zero-order chi connectivity index (χ0) is 20.8. The van der Waals surface area contributed by atoms with E-state index in [2.05, 4.69) is 13.8 Å². The topological polar surface area (TPSA) is 61.8 Å². The van der Waals surface area contributed by atoms with Gasteiger partial charge in [0.25, 0.3) is 0 Å². The highest BCUT2D eigenvalue weighted by atomic mass is 16.5. The molecule has 0 fully saturated rings. The van der Waals surface area contributed by atoms with Crippen LogP contribution in [0.25, 0.3) is 0 Å². The molecule has 1 aliphatic rings. The van der Waals surface area contributed by atoms with Gasteiger partial charge in [-0.1, -0.05) is 26.0 Å². The third-order valence-corrected chi connectivity index (χ3v) is 5.11. The van der Waals surface area contributed by atoms with Gasteiger partial charge in [0.1, 0.15) is 0 Å². The van der Waals surface area contributed by atoms with Crippen molar-refractivity contribution in [3.8, 4) is 11.5 Å². The highest BCUT2D eigenvalue weighted by Gasteiger charge is 2.17. The monoisotopic (exact) mass is 396 g/mol. The van der Waals surface area contributed by atoms with Gasteiger partial charge in [0.15, 0.2) is 23.9 Å². The molecule has 0 saturated heterocycles. The SMILES string of the molecule is COc1cc(C(=O)OCC(=O)c2ccc3c(c2)CCC3)ccc1OCCC(C)C. The van der Waals surface area contributed by atoms with E-state index in [0.29, 0.717) is 35.2 Å². The van der Waals surface area contributed by atoms with Gasteiger partial charge in [0.05, 0.1) is 19.3 Å². The fourth-order valence-corrected chi connectivity index (χ4v) is 3.36. The van der Waals surface area contributed by atoms with E-state index < -0.39 is 5.97 Å². The second-order valence-corrected chi connectivity index (χ2v) is 7.73. The summed E-state index contributed by atoms with van der Waals surface area (Å²) in [5.41, 5.74) is 3.44. The van der Waals surface area contributed by atoms with E-state index in [1.165, 1.54) is 18.2 Å². The van der Waals surface area contributed by atoms with Crippen LogP contribution in [0.4, 0.5) is 0 Å². The summed E-state index contributed by atoms with van der Waals surface area (Å²) in [7, 11) is 1.52. The van der Waals surface area contributed by atoms with Gasteiger partial charge in [-0.15, -0.1) is 0 Å². The van der Waals surface area contributed by atoms with Gasteiger partial charge in [-0.3, -0.25) is 4.79 Å². The van der Waals surface area contributed by atoms with Crippen LogP contribution < -0.4 is 9.47 Å². The van der Waals surface area contributed by atoms with Crippen LogP contribution >= 0.6 is 0 Å². The fraction of sp³-hybridized carbons (Fsp3) is 0.417. The summed E-state index contributed by atoms with van der Waals surface area (Å²) in [6, 6.07) is 10.6. The van der Waals surface area contributed by atoms with Crippen LogP contribution in [0.2, 0.25) is 0 Å². The van der Waals surface area contributed by atoms with E-state index in [0.717, 1.165) is 25.7 Å². The van der Waals surface area contributed by atoms with Crippen molar-refractivity contribution in [2.24, 2.45) is 5.92 Å². The molecule has 154 valence electrons. The molecule has 0 aromatic heterocycles. The third kappa shape index (κ3) is 5.37. The fourth-order valence-electron chi connectivity index (χ4n) is 3.36. The number of esters is 1. The van der Waals surface area contributed by atoms with Crippen LogP contribution in [0.1, 0.15) is 58.5 Å². The number of hydrogen-bond acceptors (Lipinski definition) is 5. The van der Waals surface area contributed by atoms with E-state index >= 15 is 0 Å². The molecule has 0 spiro atoms. The van der Waals surface area contributed by atoms with Crippen LogP contribution in [-0.4, -0.2) is 32.1 Å². The molecule has 0 radical (unpaired) electrons. The Hall–Kier alpha value is -2.82. The number of aryl methyl sites for hydroxylation is 2. The van der Waals surface area contributed by atoms with E-state index in [1.54, 1.807) is 18.2 Å². The molecule has 0 heterocycles. The standard InChI is InChI=1S/C24H28O5/c1-16(2)11-12-28-22-10-9-20(14-23(22)27-3)24(26)29-15-21(25)19-8-7-17-5-4-6-18(17)13-19/h7-10,13-14,16H,4-6,11-12,15H2,1-3H3. The molecule has 29 heavy (non-hydrogen) atoms. The van der Waals surface area contributed by atoms with Gasteiger partial charge < -0.3 is 14.2 Å². The van der Waals surface area contributed by atoms with Crippen molar-refractivity contribution in [1.29, 1.82) is 0 Å². The molecular weight excluding hydrogens is 368 g/mol. The molecule has 0 saturated carbocycles. The number of benzene rings is 2. The minimum Gasteiger partial charge on any atom is -0.493 e. The Morgan fingerprint density at radius 3 is 2.48 bits per heavy atom. The number of hydrogen-bond donors (Lipinski definition) is 0. The minimum absolute atomic E-state index is 0.200. The lowest BCUT2D eigenvalue weighted by Crippen LogP contribution is -2.14. The number of carbonyl (C=O) groups is 2. The molecule has 0 amide bonds. The number of Topliss-reactive ketones (excluding diaryl/α,β-unsaturated/α-hetero) is 1. The van der Waals surface area contributed by atoms with E-state index in [9.17, 15) is 9.59 Å². The van der Waals surface area contributed by atoms with Crippen molar-refractivity contribution in [3.63, 3.8) is 0 Å². The number of ether oxygens (including phenoxy) is 3. The molecule has 0 atom stereocenters. The van der Waals surface area contributed by atoms with Crippen LogP contribution in [-0.2, 0) is 17.6 Å². The summed E-state index contributed by atoms with van der Waals surface area (Å²) in [4.78, 5) is 24.8. The Labute approximate surface area is 172 Å². The van der Waals surface area contributed by atoms with Crippen molar-refractivity contribution in [3.05, 3.63) is 58.7 Å². The Balaban J connectivity index is 1.59. The molecule has 0 unspecified atom stereocenters. The summed E-state index contributed by atoms with van der Waals surface area (Å²) in [5, 5.41) is 0. The maximum atomic E-state index is 12.4. The van der Waals surface area contributed by atoms with E-state index in [-0.39, 0.29) is 12.4 Å². The quantitative estimate of drug-likeness (QED) is 0.456. The van der Waals surface area contributed by atoms with Crippen LogP contribution in [0.5, 0.6) is 11.5 Å².